The topological polar surface area (TPSA) is 21.3 Å². The normalized spacial score (nSPS) is 12.6. The lowest BCUT2D eigenvalue weighted by atomic mass is 10.1. The monoisotopic (exact) mass is 221 g/mol. The molecule has 2 heteroatoms. The van der Waals surface area contributed by atoms with Crippen LogP contribution >= 0.6 is 0 Å². The molecule has 0 aliphatic heterocycles. The second-order valence-electron chi connectivity index (χ2n) is 4.05. The fourth-order valence-electron chi connectivity index (χ4n) is 1.56. The molecule has 0 heterocycles. The fourth-order valence-corrected chi connectivity index (χ4v) is 1.56. The van der Waals surface area contributed by atoms with Crippen molar-refractivity contribution in [1.29, 1.82) is 0 Å². The largest absolute Gasteiger partial charge is 0.380 e. The summed E-state index contributed by atoms with van der Waals surface area (Å²) in [6.07, 6.45) is 2.36. The molecule has 1 aromatic carbocycles. The van der Waals surface area contributed by atoms with Gasteiger partial charge in [0.15, 0.2) is 0 Å². The van der Waals surface area contributed by atoms with Crippen LogP contribution < -0.4 is 5.32 Å². The Hall–Kier alpha value is -0.860. The SMILES string of the molecule is CCCCOCCNC(C)c1ccccc1. The predicted octanol–water partition coefficient (Wildman–Crippen LogP) is 3.15. The number of ether oxygens (including phenoxy) is 1. The highest BCUT2D eigenvalue weighted by Crippen LogP contribution is 2.10. The van der Waals surface area contributed by atoms with Crippen molar-refractivity contribution in [2.24, 2.45) is 0 Å². The highest BCUT2D eigenvalue weighted by Gasteiger charge is 2.02. The molecule has 16 heavy (non-hydrogen) atoms. The Bertz CT molecular complexity index is 261. The number of unbranched alkanes of at least 4 members (excludes halogenated alkanes) is 1. The number of hydrogen-bond acceptors (Lipinski definition) is 2. The molecule has 0 aliphatic carbocycles. The molecule has 0 amide bonds. The van der Waals surface area contributed by atoms with Crippen molar-refractivity contribution >= 4 is 0 Å². The Labute approximate surface area is 99.0 Å². The minimum Gasteiger partial charge on any atom is -0.380 e. The van der Waals surface area contributed by atoms with Gasteiger partial charge in [0.25, 0.3) is 0 Å². The Morgan fingerprint density at radius 2 is 1.94 bits per heavy atom. The minimum absolute atomic E-state index is 0.399. The summed E-state index contributed by atoms with van der Waals surface area (Å²) in [6, 6.07) is 10.9. The van der Waals surface area contributed by atoms with E-state index in [0.29, 0.717) is 6.04 Å². The molecule has 1 rings (SSSR count). The van der Waals surface area contributed by atoms with Crippen LogP contribution in [0.15, 0.2) is 30.3 Å². The van der Waals surface area contributed by atoms with E-state index in [-0.39, 0.29) is 0 Å². The Morgan fingerprint density at radius 3 is 2.62 bits per heavy atom. The number of rotatable bonds is 8. The molecule has 2 nitrogen and oxygen atoms in total. The van der Waals surface area contributed by atoms with Gasteiger partial charge in [-0.05, 0) is 18.9 Å². The molecule has 1 aromatic rings. The highest BCUT2D eigenvalue weighted by molar-refractivity contribution is 5.17. The average molecular weight is 221 g/mol. The molecule has 0 fully saturated rings. The van der Waals surface area contributed by atoms with Gasteiger partial charge in [-0.25, -0.2) is 0 Å². The van der Waals surface area contributed by atoms with Crippen molar-refractivity contribution < 1.29 is 4.74 Å². The summed E-state index contributed by atoms with van der Waals surface area (Å²) in [6.45, 7) is 6.97. The fraction of sp³-hybridized carbons (Fsp3) is 0.571. The molecule has 1 unspecified atom stereocenters. The van der Waals surface area contributed by atoms with Crippen LogP contribution in [0.2, 0.25) is 0 Å². The zero-order valence-electron chi connectivity index (χ0n) is 10.4. The van der Waals surface area contributed by atoms with Crippen molar-refractivity contribution in [2.45, 2.75) is 32.7 Å². The van der Waals surface area contributed by atoms with Crippen LogP contribution in [0.3, 0.4) is 0 Å². The van der Waals surface area contributed by atoms with Gasteiger partial charge in [-0.2, -0.15) is 0 Å². The first-order valence-electron chi connectivity index (χ1n) is 6.20. The average Bonchev–Trinajstić information content (AvgIpc) is 2.34. The van der Waals surface area contributed by atoms with Gasteiger partial charge in [0.05, 0.1) is 6.61 Å². The third kappa shape index (κ3) is 5.29. The second kappa shape index (κ2) is 8.31. The van der Waals surface area contributed by atoms with E-state index in [2.05, 4.69) is 43.4 Å². The van der Waals surface area contributed by atoms with E-state index in [0.717, 1.165) is 26.2 Å². The summed E-state index contributed by atoms with van der Waals surface area (Å²) in [7, 11) is 0. The van der Waals surface area contributed by atoms with Crippen LogP contribution in [-0.2, 0) is 4.74 Å². The first-order valence-corrected chi connectivity index (χ1v) is 6.20. The Kier molecular flexibility index (Phi) is 6.86. The zero-order valence-corrected chi connectivity index (χ0v) is 10.4. The highest BCUT2D eigenvalue weighted by atomic mass is 16.5. The lowest BCUT2D eigenvalue weighted by Crippen LogP contribution is -2.23. The molecule has 90 valence electrons. The molecule has 1 atom stereocenters. The lowest BCUT2D eigenvalue weighted by molar-refractivity contribution is 0.131. The van der Waals surface area contributed by atoms with Gasteiger partial charge in [-0.15, -0.1) is 0 Å². The van der Waals surface area contributed by atoms with Crippen molar-refractivity contribution in [2.75, 3.05) is 19.8 Å². The standard InChI is InChI=1S/C14H23NO/c1-3-4-11-16-12-10-15-13(2)14-8-6-5-7-9-14/h5-9,13,15H,3-4,10-12H2,1-2H3. The second-order valence-corrected chi connectivity index (χ2v) is 4.05. The minimum atomic E-state index is 0.399. The van der Waals surface area contributed by atoms with E-state index in [1.54, 1.807) is 0 Å². The van der Waals surface area contributed by atoms with Crippen LogP contribution in [0.4, 0.5) is 0 Å². The van der Waals surface area contributed by atoms with Crippen molar-refractivity contribution in [3.63, 3.8) is 0 Å². The van der Waals surface area contributed by atoms with Gasteiger partial charge in [0.2, 0.25) is 0 Å². The van der Waals surface area contributed by atoms with Gasteiger partial charge in [-0.3, -0.25) is 0 Å². The molecule has 0 spiro atoms. The zero-order chi connectivity index (χ0) is 11.6. The van der Waals surface area contributed by atoms with Gasteiger partial charge in [0, 0.05) is 19.2 Å². The molecule has 0 aromatic heterocycles. The molecule has 1 N–H and O–H groups in total. The number of nitrogens with one attached hydrogen (secondary N) is 1. The maximum Gasteiger partial charge on any atom is 0.0591 e. The van der Waals surface area contributed by atoms with Crippen molar-refractivity contribution in [3.05, 3.63) is 35.9 Å². The van der Waals surface area contributed by atoms with E-state index in [4.69, 9.17) is 4.74 Å². The van der Waals surface area contributed by atoms with E-state index < -0.39 is 0 Å². The van der Waals surface area contributed by atoms with Crippen LogP contribution in [-0.4, -0.2) is 19.8 Å². The maximum absolute atomic E-state index is 5.50. The number of hydrogen-bond donors (Lipinski definition) is 1. The van der Waals surface area contributed by atoms with Gasteiger partial charge in [-0.1, -0.05) is 43.7 Å². The molecular weight excluding hydrogens is 198 g/mol. The van der Waals surface area contributed by atoms with Crippen molar-refractivity contribution in [3.8, 4) is 0 Å². The summed E-state index contributed by atoms with van der Waals surface area (Å²) in [5.41, 5.74) is 1.33. The summed E-state index contributed by atoms with van der Waals surface area (Å²) < 4.78 is 5.50. The molecule has 0 bridgehead atoms. The van der Waals surface area contributed by atoms with E-state index in [9.17, 15) is 0 Å². The van der Waals surface area contributed by atoms with E-state index in [1.807, 2.05) is 6.07 Å². The summed E-state index contributed by atoms with van der Waals surface area (Å²) in [5.74, 6) is 0. The predicted molar refractivity (Wildman–Crippen MR) is 68.6 cm³/mol. The Balaban J connectivity index is 2.09. The summed E-state index contributed by atoms with van der Waals surface area (Å²) >= 11 is 0. The van der Waals surface area contributed by atoms with Gasteiger partial charge in [0.1, 0.15) is 0 Å². The van der Waals surface area contributed by atoms with Crippen LogP contribution in [0.5, 0.6) is 0 Å². The molecule has 0 saturated heterocycles. The van der Waals surface area contributed by atoms with Gasteiger partial charge >= 0.3 is 0 Å². The Morgan fingerprint density at radius 1 is 1.19 bits per heavy atom. The molecule has 0 saturated carbocycles. The van der Waals surface area contributed by atoms with Crippen molar-refractivity contribution in [1.82, 2.24) is 5.32 Å². The molecule has 0 aliphatic rings. The van der Waals surface area contributed by atoms with E-state index in [1.165, 1.54) is 12.0 Å². The van der Waals surface area contributed by atoms with Crippen LogP contribution in [0.25, 0.3) is 0 Å². The first-order chi connectivity index (χ1) is 7.84. The number of benzene rings is 1. The summed E-state index contributed by atoms with van der Waals surface area (Å²) in [4.78, 5) is 0. The molecular formula is C14H23NO. The van der Waals surface area contributed by atoms with E-state index >= 15 is 0 Å². The molecule has 0 radical (unpaired) electrons. The third-order valence-electron chi connectivity index (χ3n) is 2.64. The van der Waals surface area contributed by atoms with Gasteiger partial charge < -0.3 is 10.1 Å². The lowest BCUT2D eigenvalue weighted by Gasteiger charge is -2.14. The smallest absolute Gasteiger partial charge is 0.0591 e. The quantitative estimate of drug-likeness (QED) is 0.681. The summed E-state index contributed by atoms with van der Waals surface area (Å²) in [5, 5.41) is 3.45. The van der Waals surface area contributed by atoms with Crippen LogP contribution in [0, 0.1) is 0 Å². The third-order valence-corrected chi connectivity index (χ3v) is 2.64. The van der Waals surface area contributed by atoms with Crippen LogP contribution in [0.1, 0.15) is 38.3 Å². The maximum atomic E-state index is 5.50. The first kappa shape index (κ1) is 13.2.